The molecule has 7 heteroatoms. The molecule has 0 bridgehead atoms. The molecule has 0 heterocycles. The highest BCUT2D eigenvalue weighted by Gasteiger charge is 2.22. The first kappa shape index (κ1) is 19.7. The molecule has 0 amide bonds. The molecule has 0 fully saturated rings. The van der Waals surface area contributed by atoms with Crippen LogP contribution in [0.15, 0.2) is 42.5 Å². The van der Waals surface area contributed by atoms with Crippen molar-refractivity contribution in [2.75, 3.05) is 11.0 Å². The molecule has 1 atom stereocenters. The van der Waals surface area contributed by atoms with Crippen LogP contribution in [0, 0.1) is 13.8 Å². The number of benzene rings is 2. The number of Topliss-reactive ketones (excluding diaryl/α,β-unsaturated/α-hetero) is 1. The van der Waals surface area contributed by atoms with Crippen LogP contribution in [0.2, 0.25) is 0 Å². The molecule has 0 radical (unpaired) electrons. The molecule has 6 nitrogen and oxygen atoms in total. The molecule has 0 aliphatic heterocycles. The largest absolute Gasteiger partial charge is 0.451 e. The van der Waals surface area contributed by atoms with Crippen molar-refractivity contribution in [2.45, 2.75) is 26.9 Å². The van der Waals surface area contributed by atoms with Gasteiger partial charge in [-0.05, 0) is 50.1 Å². The Balaban J connectivity index is 2.19. The van der Waals surface area contributed by atoms with E-state index in [-0.39, 0.29) is 17.0 Å². The van der Waals surface area contributed by atoms with Crippen molar-refractivity contribution < 1.29 is 22.7 Å². The van der Waals surface area contributed by atoms with E-state index in [9.17, 15) is 18.0 Å². The fourth-order valence-electron chi connectivity index (χ4n) is 2.36. The van der Waals surface area contributed by atoms with E-state index >= 15 is 0 Å². The molecule has 0 saturated heterocycles. The molecule has 0 aromatic heterocycles. The van der Waals surface area contributed by atoms with Gasteiger partial charge in [0.05, 0.1) is 17.5 Å². The predicted octanol–water partition coefficient (Wildman–Crippen LogP) is 3.10. The summed E-state index contributed by atoms with van der Waals surface area (Å²) in [5.74, 6) is -1.10. The zero-order chi connectivity index (χ0) is 19.5. The maximum atomic E-state index is 12.5. The van der Waals surface area contributed by atoms with Gasteiger partial charge in [-0.25, -0.2) is 13.2 Å². The summed E-state index contributed by atoms with van der Waals surface area (Å²) >= 11 is 0. The van der Waals surface area contributed by atoms with Crippen LogP contribution in [0.5, 0.6) is 0 Å². The highest BCUT2D eigenvalue weighted by atomic mass is 32.2. The molecule has 2 aromatic carbocycles. The SMILES string of the molecule is Cc1ccc(C(=O)C(C)OC(=O)c2ccccc2NS(C)(=O)=O)cc1C. The Hall–Kier alpha value is -2.67. The molecule has 1 N–H and O–H groups in total. The predicted molar refractivity (Wildman–Crippen MR) is 100 cm³/mol. The summed E-state index contributed by atoms with van der Waals surface area (Å²) in [5.41, 5.74) is 2.63. The molecule has 138 valence electrons. The van der Waals surface area contributed by atoms with Gasteiger partial charge in [-0.1, -0.05) is 24.3 Å². The van der Waals surface area contributed by atoms with Crippen molar-refractivity contribution in [3.63, 3.8) is 0 Å². The number of sulfonamides is 1. The van der Waals surface area contributed by atoms with Gasteiger partial charge in [-0.3, -0.25) is 9.52 Å². The van der Waals surface area contributed by atoms with Gasteiger partial charge in [0.25, 0.3) is 0 Å². The van der Waals surface area contributed by atoms with Crippen molar-refractivity contribution in [1.82, 2.24) is 0 Å². The van der Waals surface area contributed by atoms with E-state index in [4.69, 9.17) is 4.74 Å². The van der Waals surface area contributed by atoms with E-state index in [1.165, 1.54) is 19.1 Å². The second kappa shape index (κ2) is 7.70. The number of ketones is 1. The number of carbonyl (C=O) groups is 2. The van der Waals surface area contributed by atoms with Crippen LogP contribution >= 0.6 is 0 Å². The van der Waals surface area contributed by atoms with E-state index in [1.54, 1.807) is 24.3 Å². The molecule has 0 aliphatic rings. The van der Waals surface area contributed by atoms with Gasteiger partial charge in [0, 0.05) is 5.56 Å². The standard InChI is InChI=1S/C19H21NO5S/c1-12-9-10-15(11-13(12)2)18(21)14(3)25-19(22)16-7-5-6-8-17(16)20-26(4,23)24/h5-11,14,20H,1-4H3. The van der Waals surface area contributed by atoms with Crippen LogP contribution in [-0.4, -0.2) is 32.5 Å². The highest BCUT2D eigenvalue weighted by Crippen LogP contribution is 2.19. The maximum Gasteiger partial charge on any atom is 0.340 e. The number of hydrogen-bond acceptors (Lipinski definition) is 5. The van der Waals surface area contributed by atoms with Gasteiger partial charge in [0.15, 0.2) is 6.10 Å². The van der Waals surface area contributed by atoms with Gasteiger partial charge in [0.1, 0.15) is 0 Å². The lowest BCUT2D eigenvalue weighted by molar-refractivity contribution is 0.0320. The Kier molecular flexibility index (Phi) is 5.82. The third-order valence-electron chi connectivity index (χ3n) is 3.89. The summed E-state index contributed by atoms with van der Waals surface area (Å²) in [6, 6.07) is 11.3. The van der Waals surface area contributed by atoms with Crippen molar-refractivity contribution in [1.29, 1.82) is 0 Å². The second-order valence-electron chi connectivity index (χ2n) is 6.13. The third-order valence-corrected chi connectivity index (χ3v) is 4.48. The molecule has 26 heavy (non-hydrogen) atoms. The number of nitrogens with one attached hydrogen (secondary N) is 1. The van der Waals surface area contributed by atoms with Crippen LogP contribution in [0.3, 0.4) is 0 Å². The average Bonchev–Trinajstić information content (AvgIpc) is 2.55. The lowest BCUT2D eigenvalue weighted by atomic mass is 10.0. The topological polar surface area (TPSA) is 89.5 Å². The Morgan fingerprint density at radius 2 is 1.69 bits per heavy atom. The van der Waals surface area contributed by atoms with Crippen LogP contribution in [-0.2, 0) is 14.8 Å². The van der Waals surface area contributed by atoms with Gasteiger partial charge < -0.3 is 4.74 Å². The quantitative estimate of drug-likeness (QED) is 0.619. The number of esters is 1. The van der Waals surface area contributed by atoms with E-state index in [1.807, 2.05) is 19.9 Å². The van der Waals surface area contributed by atoms with Gasteiger partial charge >= 0.3 is 5.97 Å². The fraction of sp³-hybridized carbons (Fsp3) is 0.263. The van der Waals surface area contributed by atoms with Crippen molar-refractivity contribution >= 4 is 27.5 Å². The Bertz CT molecular complexity index is 950. The molecule has 2 rings (SSSR count). The summed E-state index contributed by atoms with van der Waals surface area (Å²) in [6.07, 6.45) is -0.0167. The third kappa shape index (κ3) is 4.92. The number of ether oxygens (including phenoxy) is 1. The second-order valence-corrected chi connectivity index (χ2v) is 7.88. The van der Waals surface area contributed by atoms with Crippen LogP contribution in [0.1, 0.15) is 38.8 Å². The molecule has 0 spiro atoms. The summed E-state index contributed by atoms with van der Waals surface area (Å²) in [5, 5.41) is 0. The number of carbonyl (C=O) groups excluding carboxylic acids is 2. The summed E-state index contributed by atoms with van der Waals surface area (Å²) < 4.78 is 30.4. The zero-order valence-corrected chi connectivity index (χ0v) is 15.9. The number of aryl methyl sites for hydroxylation is 2. The Labute approximate surface area is 153 Å². The first-order valence-electron chi connectivity index (χ1n) is 7.98. The van der Waals surface area contributed by atoms with Gasteiger partial charge in [-0.2, -0.15) is 0 Å². The zero-order valence-electron chi connectivity index (χ0n) is 15.1. The van der Waals surface area contributed by atoms with E-state index in [0.29, 0.717) is 5.56 Å². The monoisotopic (exact) mass is 375 g/mol. The van der Waals surface area contributed by atoms with E-state index in [2.05, 4.69) is 4.72 Å². The lowest BCUT2D eigenvalue weighted by Gasteiger charge is -2.15. The molecule has 0 saturated carbocycles. The Morgan fingerprint density at radius 1 is 1.04 bits per heavy atom. The minimum Gasteiger partial charge on any atom is -0.451 e. The lowest BCUT2D eigenvalue weighted by Crippen LogP contribution is -2.25. The minimum absolute atomic E-state index is 0.0395. The molecule has 1 unspecified atom stereocenters. The fourth-order valence-corrected chi connectivity index (χ4v) is 2.93. The summed E-state index contributed by atoms with van der Waals surface area (Å²) in [6.45, 7) is 5.33. The molecular formula is C19H21NO5S. The minimum atomic E-state index is -3.55. The van der Waals surface area contributed by atoms with Crippen LogP contribution in [0.25, 0.3) is 0 Å². The van der Waals surface area contributed by atoms with Crippen LogP contribution < -0.4 is 4.72 Å². The average molecular weight is 375 g/mol. The van der Waals surface area contributed by atoms with Crippen molar-refractivity contribution in [2.24, 2.45) is 0 Å². The first-order chi connectivity index (χ1) is 12.1. The van der Waals surface area contributed by atoms with Crippen molar-refractivity contribution in [3.8, 4) is 0 Å². The van der Waals surface area contributed by atoms with Gasteiger partial charge in [-0.15, -0.1) is 0 Å². The van der Waals surface area contributed by atoms with E-state index in [0.717, 1.165) is 17.4 Å². The smallest absolute Gasteiger partial charge is 0.340 e. The summed E-state index contributed by atoms with van der Waals surface area (Å²) in [7, 11) is -3.55. The molecular weight excluding hydrogens is 354 g/mol. The first-order valence-corrected chi connectivity index (χ1v) is 9.87. The number of hydrogen-bond donors (Lipinski definition) is 1. The highest BCUT2D eigenvalue weighted by molar-refractivity contribution is 7.92. The number of anilines is 1. The number of para-hydroxylation sites is 1. The van der Waals surface area contributed by atoms with Crippen LogP contribution in [0.4, 0.5) is 5.69 Å². The maximum absolute atomic E-state index is 12.5. The Morgan fingerprint density at radius 3 is 2.31 bits per heavy atom. The van der Waals surface area contributed by atoms with Crippen molar-refractivity contribution in [3.05, 3.63) is 64.7 Å². The molecule has 2 aromatic rings. The van der Waals surface area contributed by atoms with Gasteiger partial charge in [0.2, 0.25) is 15.8 Å². The van der Waals surface area contributed by atoms with E-state index < -0.39 is 22.1 Å². The normalized spacial score (nSPS) is 12.3. The number of rotatable bonds is 6. The summed E-state index contributed by atoms with van der Waals surface area (Å²) in [4.78, 5) is 24.9. The molecule has 0 aliphatic carbocycles.